The van der Waals surface area contributed by atoms with Crippen molar-refractivity contribution in [3.63, 3.8) is 0 Å². The molecule has 6 nitrogen and oxygen atoms in total. The molecule has 0 aliphatic heterocycles. The van der Waals surface area contributed by atoms with E-state index in [4.69, 9.17) is 5.73 Å². The van der Waals surface area contributed by atoms with Crippen molar-refractivity contribution in [3.05, 3.63) is 35.5 Å². The number of hydrogen-bond acceptors (Lipinski definition) is 4. The van der Waals surface area contributed by atoms with Crippen LogP contribution in [0, 0.1) is 12.7 Å². The minimum Gasteiger partial charge on any atom is -0.395 e. The second-order valence-corrected chi connectivity index (χ2v) is 3.98. The van der Waals surface area contributed by atoms with E-state index in [1.54, 1.807) is 6.92 Å². The Labute approximate surface area is 109 Å². The second-order valence-electron chi connectivity index (χ2n) is 3.98. The summed E-state index contributed by atoms with van der Waals surface area (Å²) in [6.45, 7) is 4.12. The number of amides is 1. The van der Waals surface area contributed by atoms with Crippen molar-refractivity contribution in [2.24, 2.45) is 0 Å². The van der Waals surface area contributed by atoms with E-state index in [2.05, 4.69) is 15.4 Å². The highest BCUT2D eigenvalue weighted by molar-refractivity contribution is 6.06. The number of rotatable bonds is 3. The molecule has 0 atom stereocenters. The molecule has 2 aromatic rings. The number of nitrogen functional groups attached to an aromatic ring is 1. The van der Waals surface area contributed by atoms with Crippen LogP contribution in [0.4, 0.5) is 15.9 Å². The first-order valence-electron chi connectivity index (χ1n) is 5.78. The summed E-state index contributed by atoms with van der Waals surface area (Å²) >= 11 is 0. The Morgan fingerprint density at radius 2 is 2.26 bits per heavy atom. The Hall–Kier alpha value is -2.44. The number of pyridine rings is 1. The minimum absolute atomic E-state index is 0.257. The van der Waals surface area contributed by atoms with Crippen molar-refractivity contribution in [3.8, 4) is 0 Å². The summed E-state index contributed by atoms with van der Waals surface area (Å²) in [5.74, 6) is -0.627. The molecule has 0 unspecified atom stereocenters. The number of halogens is 1. The molecule has 1 amide bonds. The van der Waals surface area contributed by atoms with Crippen LogP contribution in [0.2, 0.25) is 0 Å². The number of aromatic nitrogens is 3. The third kappa shape index (κ3) is 2.54. The van der Waals surface area contributed by atoms with Gasteiger partial charge in [-0.3, -0.25) is 9.48 Å². The van der Waals surface area contributed by atoms with Gasteiger partial charge in [-0.25, -0.2) is 9.37 Å². The highest BCUT2D eigenvalue weighted by Crippen LogP contribution is 2.17. The van der Waals surface area contributed by atoms with Crippen LogP contribution in [0.1, 0.15) is 23.1 Å². The Morgan fingerprint density at radius 3 is 2.84 bits per heavy atom. The zero-order chi connectivity index (χ0) is 14.0. The monoisotopic (exact) mass is 263 g/mol. The molecule has 0 aliphatic rings. The van der Waals surface area contributed by atoms with E-state index < -0.39 is 11.7 Å². The number of aryl methyl sites for hydroxylation is 2. The normalized spacial score (nSPS) is 10.5. The quantitative estimate of drug-likeness (QED) is 0.880. The van der Waals surface area contributed by atoms with Crippen molar-refractivity contribution in [2.45, 2.75) is 20.4 Å². The van der Waals surface area contributed by atoms with Crippen molar-refractivity contribution in [1.29, 1.82) is 0 Å². The lowest BCUT2D eigenvalue weighted by atomic mass is 10.3. The van der Waals surface area contributed by atoms with Gasteiger partial charge >= 0.3 is 0 Å². The van der Waals surface area contributed by atoms with Crippen molar-refractivity contribution < 1.29 is 9.18 Å². The number of hydrogen-bond donors (Lipinski definition) is 2. The van der Waals surface area contributed by atoms with Crippen LogP contribution in [-0.2, 0) is 6.54 Å². The molecule has 0 saturated heterocycles. The van der Waals surface area contributed by atoms with Gasteiger partial charge in [-0.05, 0) is 26.0 Å². The zero-order valence-electron chi connectivity index (χ0n) is 10.6. The third-order valence-electron chi connectivity index (χ3n) is 2.66. The number of nitrogens with one attached hydrogen (secondary N) is 1. The van der Waals surface area contributed by atoms with Gasteiger partial charge in [0.2, 0.25) is 0 Å². The molecule has 0 saturated carbocycles. The highest BCUT2D eigenvalue weighted by Gasteiger charge is 2.19. The number of nitrogens with two attached hydrogens (primary N) is 1. The Kier molecular flexibility index (Phi) is 3.46. The number of carbonyl (C=O) groups is 1. The lowest BCUT2D eigenvalue weighted by molar-refractivity contribution is 0.101. The Balaban J connectivity index is 2.27. The molecule has 0 fully saturated rings. The molecule has 100 valence electrons. The maximum atomic E-state index is 12.7. The highest BCUT2D eigenvalue weighted by atomic mass is 19.1. The van der Waals surface area contributed by atoms with Crippen LogP contribution in [0.5, 0.6) is 0 Å². The van der Waals surface area contributed by atoms with Gasteiger partial charge in [-0.2, -0.15) is 5.10 Å². The van der Waals surface area contributed by atoms with E-state index in [0.29, 0.717) is 17.9 Å². The van der Waals surface area contributed by atoms with Crippen LogP contribution in [0.25, 0.3) is 0 Å². The van der Waals surface area contributed by atoms with E-state index >= 15 is 0 Å². The number of carbonyl (C=O) groups excluding carboxylic acids is 1. The summed E-state index contributed by atoms with van der Waals surface area (Å²) in [5, 5.41) is 6.71. The molecule has 2 rings (SSSR count). The lowest BCUT2D eigenvalue weighted by Crippen LogP contribution is -2.19. The predicted molar refractivity (Wildman–Crippen MR) is 69.2 cm³/mol. The SMILES string of the molecule is CCn1nc(C)c(N)c1C(=O)Nc1ccc(F)cn1. The topological polar surface area (TPSA) is 85.8 Å². The lowest BCUT2D eigenvalue weighted by Gasteiger charge is -2.06. The Bertz CT molecular complexity index is 605. The standard InChI is InChI=1S/C12H14FN5O/c1-3-18-11(10(14)7(2)17-18)12(19)16-9-5-4-8(13)6-15-9/h4-6H,3,14H2,1-2H3,(H,15,16,19). The summed E-state index contributed by atoms with van der Waals surface area (Å²) < 4.78 is 14.2. The van der Waals surface area contributed by atoms with Crippen LogP contribution in [-0.4, -0.2) is 20.7 Å². The maximum Gasteiger partial charge on any atom is 0.277 e. The molecule has 0 aromatic carbocycles. The molecular weight excluding hydrogens is 249 g/mol. The van der Waals surface area contributed by atoms with Gasteiger partial charge in [0, 0.05) is 6.54 Å². The molecule has 2 heterocycles. The molecule has 0 aliphatic carbocycles. The van der Waals surface area contributed by atoms with E-state index in [1.807, 2.05) is 6.92 Å². The van der Waals surface area contributed by atoms with E-state index in [-0.39, 0.29) is 11.5 Å². The number of anilines is 2. The third-order valence-corrected chi connectivity index (χ3v) is 2.66. The van der Waals surface area contributed by atoms with Gasteiger partial charge in [0.25, 0.3) is 5.91 Å². The van der Waals surface area contributed by atoms with Gasteiger partial charge in [0.1, 0.15) is 17.3 Å². The fourth-order valence-corrected chi connectivity index (χ4v) is 1.69. The maximum absolute atomic E-state index is 12.7. The van der Waals surface area contributed by atoms with Crippen LogP contribution < -0.4 is 11.1 Å². The molecule has 2 aromatic heterocycles. The van der Waals surface area contributed by atoms with Gasteiger partial charge in [-0.1, -0.05) is 0 Å². The van der Waals surface area contributed by atoms with E-state index in [9.17, 15) is 9.18 Å². The number of nitrogens with zero attached hydrogens (tertiary/aromatic N) is 3. The molecule has 7 heteroatoms. The smallest absolute Gasteiger partial charge is 0.277 e. The van der Waals surface area contributed by atoms with Crippen LogP contribution in [0.3, 0.4) is 0 Å². The van der Waals surface area contributed by atoms with Crippen molar-refractivity contribution in [2.75, 3.05) is 11.1 Å². The molecule has 3 N–H and O–H groups in total. The molecule has 19 heavy (non-hydrogen) atoms. The van der Waals surface area contributed by atoms with Gasteiger partial charge in [0.05, 0.1) is 17.6 Å². The van der Waals surface area contributed by atoms with E-state index in [0.717, 1.165) is 6.20 Å². The largest absolute Gasteiger partial charge is 0.395 e. The van der Waals surface area contributed by atoms with Gasteiger partial charge in [-0.15, -0.1) is 0 Å². The van der Waals surface area contributed by atoms with E-state index in [1.165, 1.54) is 16.8 Å². The van der Waals surface area contributed by atoms with Crippen molar-refractivity contribution in [1.82, 2.24) is 14.8 Å². The summed E-state index contributed by atoms with van der Waals surface area (Å²) in [6.07, 6.45) is 1.03. The van der Waals surface area contributed by atoms with Crippen LogP contribution in [0.15, 0.2) is 18.3 Å². The summed E-state index contributed by atoms with van der Waals surface area (Å²) in [6, 6.07) is 2.59. The molecule has 0 bridgehead atoms. The summed E-state index contributed by atoms with van der Waals surface area (Å²) in [4.78, 5) is 15.9. The fraction of sp³-hybridized carbons (Fsp3) is 0.250. The summed E-state index contributed by atoms with van der Waals surface area (Å²) in [7, 11) is 0. The predicted octanol–water partition coefficient (Wildman–Crippen LogP) is 1.58. The average Bonchev–Trinajstić information content (AvgIpc) is 2.68. The minimum atomic E-state index is -0.466. The van der Waals surface area contributed by atoms with Crippen molar-refractivity contribution >= 4 is 17.4 Å². The average molecular weight is 263 g/mol. The first-order valence-corrected chi connectivity index (χ1v) is 5.78. The second kappa shape index (κ2) is 5.05. The first-order chi connectivity index (χ1) is 9.02. The fourth-order valence-electron chi connectivity index (χ4n) is 1.69. The first kappa shape index (κ1) is 13.0. The zero-order valence-corrected chi connectivity index (χ0v) is 10.6. The molecular formula is C12H14FN5O. The van der Waals surface area contributed by atoms with Crippen LogP contribution >= 0.6 is 0 Å². The summed E-state index contributed by atoms with van der Waals surface area (Å²) in [5.41, 5.74) is 7.05. The molecule has 0 spiro atoms. The van der Waals surface area contributed by atoms with Gasteiger partial charge < -0.3 is 11.1 Å². The Morgan fingerprint density at radius 1 is 1.53 bits per heavy atom. The van der Waals surface area contributed by atoms with Gasteiger partial charge in [0.15, 0.2) is 0 Å². The molecule has 0 radical (unpaired) electrons.